The van der Waals surface area contributed by atoms with Gasteiger partial charge >= 0.3 is 5.97 Å². The predicted molar refractivity (Wildman–Crippen MR) is 74.8 cm³/mol. The maximum atomic E-state index is 12.2. The van der Waals surface area contributed by atoms with Crippen molar-refractivity contribution in [3.8, 4) is 0 Å². The maximum Gasteiger partial charge on any atom is 0.311 e. The molecule has 6 heteroatoms. The van der Waals surface area contributed by atoms with Crippen molar-refractivity contribution in [2.24, 2.45) is 5.92 Å². The SMILES string of the molecule is CC(C)(C)OC(=O)C1CNCC1c1csc(Br)n1. The highest BCUT2D eigenvalue weighted by atomic mass is 79.9. The molecule has 0 saturated carbocycles. The minimum atomic E-state index is -0.438. The summed E-state index contributed by atoms with van der Waals surface area (Å²) >= 11 is 4.90. The summed E-state index contributed by atoms with van der Waals surface area (Å²) in [4.78, 5) is 16.6. The number of carbonyl (C=O) groups excluding carboxylic acids is 1. The van der Waals surface area contributed by atoms with Gasteiger partial charge in [0, 0.05) is 24.4 Å². The molecule has 1 saturated heterocycles. The third-order valence-corrected chi connectivity index (χ3v) is 4.18. The second-order valence-electron chi connectivity index (χ2n) is 5.43. The lowest BCUT2D eigenvalue weighted by atomic mass is 9.93. The van der Waals surface area contributed by atoms with Crippen molar-refractivity contribution in [3.63, 3.8) is 0 Å². The molecule has 1 N–H and O–H groups in total. The molecule has 1 aliphatic heterocycles. The molecule has 2 heterocycles. The van der Waals surface area contributed by atoms with E-state index in [1.165, 1.54) is 0 Å². The van der Waals surface area contributed by atoms with Gasteiger partial charge in [-0.05, 0) is 36.7 Å². The largest absolute Gasteiger partial charge is 0.460 e. The van der Waals surface area contributed by atoms with Crippen molar-refractivity contribution in [2.75, 3.05) is 13.1 Å². The van der Waals surface area contributed by atoms with Crippen LogP contribution in [0.5, 0.6) is 0 Å². The molecule has 4 nitrogen and oxygen atoms in total. The molecule has 1 aliphatic rings. The standard InChI is InChI=1S/C12H17BrN2O2S/c1-12(2,3)17-10(16)8-5-14-4-7(8)9-6-18-11(13)15-9/h6-8,14H,4-5H2,1-3H3. The monoisotopic (exact) mass is 332 g/mol. The van der Waals surface area contributed by atoms with Crippen LogP contribution in [0.2, 0.25) is 0 Å². The molecular formula is C12H17BrN2O2S. The highest BCUT2D eigenvalue weighted by molar-refractivity contribution is 9.11. The number of hydrogen-bond acceptors (Lipinski definition) is 5. The normalized spacial score (nSPS) is 24.2. The van der Waals surface area contributed by atoms with E-state index in [4.69, 9.17) is 4.74 Å². The molecule has 18 heavy (non-hydrogen) atoms. The summed E-state index contributed by atoms with van der Waals surface area (Å²) in [5.74, 6) is -0.165. The van der Waals surface area contributed by atoms with Gasteiger partial charge in [-0.15, -0.1) is 11.3 Å². The van der Waals surface area contributed by atoms with Crippen molar-refractivity contribution in [1.82, 2.24) is 10.3 Å². The van der Waals surface area contributed by atoms with Crippen LogP contribution in [0.1, 0.15) is 32.4 Å². The smallest absolute Gasteiger partial charge is 0.311 e. The minimum Gasteiger partial charge on any atom is -0.460 e. The van der Waals surface area contributed by atoms with Crippen molar-refractivity contribution < 1.29 is 9.53 Å². The van der Waals surface area contributed by atoms with E-state index in [9.17, 15) is 4.79 Å². The highest BCUT2D eigenvalue weighted by Crippen LogP contribution is 2.32. The Hall–Kier alpha value is -0.460. The number of nitrogens with one attached hydrogen (secondary N) is 1. The van der Waals surface area contributed by atoms with Gasteiger partial charge in [0.1, 0.15) is 5.60 Å². The summed E-state index contributed by atoms with van der Waals surface area (Å²) in [6, 6.07) is 0. The molecule has 0 spiro atoms. The Morgan fingerprint density at radius 1 is 1.56 bits per heavy atom. The van der Waals surface area contributed by atoms with Gasteiger partial charge in [0.2, 0.25) is 0 Å². The molecule has 2 unspecified atom stereocenters. The lowest BCUT2D eigenvalue weighted by Crippen LogP contribution is -2.31. The molecule has 0 bridgehead atoms. The number of aromatic nitrogens is 1. The zero-order valence-electron chi connectivity index (χ0n) is 10.7. The van der Waals surface area contributed by atoms with Crippen molar-refractivity contribution in [1.29, 1.82) is 0 Å². The average molecular weight is 333 g/mol. The van der Waals surface area contributed by atoms with Crippen molar-refractivity contribution in [3.05, 3.63) is 15.0 Å². The van der Waals surface area contributed by atoms with Gasteiger partial charge in [0.05, 0.1) is 11.6 Å². The van der Waals surface area contributed by atoms with Crippen LogP contribution >= 0.6 is 27.3 Å². The number of nitrogens with zero attached hydrogens (tertiary/aromatic N) is 1. The third kappa shape index (κ3) is 3.30. The van der Waals surface area contributed by atoms with E-state index in [0.717, 1.165) is 16.2 Å². The molecule has 1 fully saturated rings. The summed E-state index contributed by atoms with van der Waals surface area (Å²) < 4.78 is 6.32. The molecule has 2 atom stereocenters. The maximum absolute atomic E-state index is 12.2. The Morgan fingerprint density at radius 3 is 2.83 bits per heavy atom. The summed E-state index contributed by atoms with van der Waals surface area (Å²) in [6.07, 6.45) is 0. The first-order valence-corrected chi connectivity index (χ1v) is 7.58. The molecule has 1 aromatic heterocycles. The molecule has 2 rings (SSSR count). The summed E-state index contributed by atoms with van der Waals surface area (Å²) in [5.41, 5.74) is 0.528. The topological polar surface area (TPSA) is 51.2 Å². The third-order valence-electron chi connectivity index (χ3n) is 2.80. The summed E-state index contributed by atoms with van der Waals surface area (Å²) in [6.45, 7) is 7.11. The number of rotatable bonds is 2. The summed E-state index contributed by atoms with van der Waals surface area (Å²) in [7, 11) is 0. The fraction of sp³-hybridized carbons (Fsp3) is 0.667. The first kappa shape index (κ1) is 14.0. The molecule has 0 amide bonds. The predicted octanol–water partition coefficient (Wildman–Crippen LogP) is 2.55. The number of esters is 1. The highest BCUT2D eigenvalue weighted by Gasteiger charge is 2.37. The van der Waals surface area contributed by atoms with E-state index in [0.29, 0.717) is 6.54 Å². The second kappa shape index (κ2) is 5.27. The first-order chi connectivity index (χ1) is 8.37. The van der Waals surface area contributed by atoms with Gasteiger partial charge in [-0.2, -0.15) is 0 Å². The minimum absolute atomic E-state index is 0.113. The van der Waals surface area contributed by atoms with Gasteiger partial charge in [0.15, 0.2) is 3.92 Å². The number of halogens is 1. The van der Waals surface area contributed by atoms with Crippen LogP contribution in [0.25, 0.3) is 0 Å². The molecule has 1 aromatic rings. The lowest BCUT2D eigenvalue weighted by molar-refractivity contribution is -0.159. The summed E-state index contributed by atoms with van der Waals surface area (Å²) in [5, 5.41) is 5.24. The van der Waals surface area contributed by atoms with Crippen LogP contribution in [0.4, 0.5) is 0 Å². The Morgan fingerprint density at radius 2 is 2.28 bits per heavy atom. The average Bonchev–Trinajstić information content (AvgIpc) is 2.81. The zero-order valence-corrected chi connectivity index (χ0v) is 13.1. The van der Waals surface area contributed by atoms with Crippen LogP contribution in [0.15, 0.2) is 9.30 Å². The zero-order chi connectivity index (χ0) is 13.3. The van der Waals surface area contributed by atoms with E-state index < -0.39 is 5.60 Å². The fourth-order valence-corrected chi connectivity index (χ4v) is 3.14. The molecule has 0 aliphatic carbocycles. The van der Waals surface area contributed by atoms with Crippen LogP contribution in [0, 0.1) is 5.92 Å². The van der Waals surface area contributed by atoms with Gasteiger partial charge in [-0.1, -0.05) is 0 Å². The Balaban J connectivity index is 2.10. The van der Waals surface area contributed by atoms with Gasteiger partial charge < -0.3 is 10.1 Å². The van der Waals surface area contributed by atoms with Crippen molar-refractivity contribution in [2.45, 2.75) is 32.3 Å². The molecule has 100 valence electrons. The second-order valence-corrected chi connectivity index (χ2v) is 7.56. The Kier molecular flexibility index (Phi) is 4.08. The lowest BCUT2D eigenvalue weighted by Gasteiger charge is -2.23. The Labute approximate surface area is 119 Å². The van der Waals surface area contributed by atoms with Gasteiger partial charge in [0.25, 0.3) is 0 Å². The van der Waals surface area contributed by atoms with E-state index in [2.05, 4.69) is 26.2 Å². The van der Waals surface area contributed by atoms with E-state index in [1.807, 2.05) is 26.2 Å². The van der Waals surface area contributed by atoms with Crippen LogP contribution in [0.3, 0.4) is 0 Å². The van der Waals surface area contributed by atoms with Crippen LogP contribution < -0.4 is 5.32 Å². The molecule has 0 aromatic carbocycles. The molecular weight excluding hydrogens is 316 g/mol. The van der Waals surface area contributed by atoms with Crippen LogP contribution in [-0.2, 0) is 9.53 Å². The van der Waals surface area contributed by atoms with Crippen molar-refractivity contribution >= 4 is 33.2 Å². The van der Waals surface area contributed by atoms with E-state index in [1.54, 1.807) is 11.3 Å². The number of thiazole rings is 1. The molecule has 0 radical (unpaired) electrons. The van der Waals surface area contributed by atoms with E-state index in [-0.39, 0.29) is 17.8 Å². The van der Waals surface area contributed by atoms with Gasteiger partial charge in [-0.25, -0.2) is 4.98 Å². The number of ether oxygens (including phenoxy) is 1. The Bertz CT molecular complexity index is 442. The van der Waals surface area contributed by atoms with Gasteiger partial charge in [-0.3, -0.25) is 4.79 Å². The quantitative estimate of drug-likeness (QED) is 0.845. The number of hydrogen-bond donors (Lipinski definition) is 1. The number of carbonyl (C=O) groups is 1. The van der Waals surface area contributed by atoms with E-state index >= 15 is 0 Å². The first-order valence-electron chi connectivity index (χ1n) is 5.91. The fourth-order valence-electron chi connectivity index (χ4n) is 2.05. The van der Waals surface area contributed by atoms with Crippen LogP contribution in [-0.4, -0.2) is 29.6 Å².